The monoisotopic (exact) mass is 184 g/mol. The van der Waals surface area contributed by atoms with Crippen molar-refractivity contribution in [2.45, 2.75) is 51.7 Å². The molecule has 3 nitrogen and oxygen atoms in total. The van der Waals surface area contributed by atoms with Gasteiger partial charge in [-0.2, -0.15) is 0 Å². The summed E-state index contributed by atoms with van der Waals surface area (Å²) in [4.78, 5) is 11.2. The van der Waals surface area contributed by atoms with Crippen molar-refractivity contribution in [3.63, 3.8) is 0 Å². The summed E-state index contributed by atoms with van der Waals surface area (Å²) in [5.41, 5.74) is 0. The summed E-state index contributed by atoms with van der Waals surface area (Å²) in [7, 11) is 0. The molecule has 0 spiro atoms. The predicted molar refractivity (Wildman–Crippen MR) is 50.3 cm³/mol. The topological polar surface area (TPSA) is 40.4 Å². The van der Waals surface area contributed by atoms with Crippen LogP contribution in [0.15, 0.2) is 0 Å². The average molecular weight is 184 g/mol. The number of carbonyl (C=O) groups excluding carboxylic acids is 1. The largest absolute Gasteiger partial charge is 0.445 e. The zero-order chi connectivity index (χ0) is 9.52. The third-order valence-corrected chi connectivity index (χ3v) is 2.19. The summed E-state index contributed by atoms with van der Waals surface area (Å²) in [6.45, 7) is 2.98. The van der Waals surface area contributed by atoms with E-state index in [9.17, 15) is 4.79 Å². The fourth-order valence-corrected chi connectivity index (χ4v) is 1.42. The van der Waals surface area contributed by atoms with Gasteiger partial charge < -0.3 is 4.74 Å². The van der Waals surface area contributed by atoms with Gasteiger partial charge in [0, 0.05) is 19.4 Å². The maximum atomic E-state index is 11.2. The fourth-order valence-electron chi connectivity index (χ4n) is 1.42. The molecule has 1 aliphatic rings. The molecule has 1 heterocycles. The smallest absolute Gasteiger partial charge is 0.307 e. The molecule has 0 aromatic rings. The fraction of sp³-hybridized carbons (Fsp3) is 0.900. The predicted octanol–water partition coefficient (Wildman–Crippen LogP) is 1.83. The molecule has 0 saturated carbocycles. The Morgan fingerprint density at radius 2 is 2.38 bits per heavy atom. The normalized spacial score (nSPS) is 21.8. The number of esters is 1. The molecule has 0 aromatic carbocycles. The minimum absolute atomic E-state index is 0.0795. The van der Waals surface area contributed by atoms with Gasteiger partial charge in [-0.05, 0) is 12.8 Å². The molecule has 1 fully saturated rings. The van der Waals surface area contributed by atoms with Crippen LogP contribution in [-0.4, -0.2) is 18.7 Å². The van der Waals surface area contributed by atoms with Gasteiger partial charge in [0.25, 0.3) is 0 Å². The Morgan fingerprint density at radius 1 is 1.54 bits per heavy atom. The van der Waals surface area contributed by atoms with Crippen LogP contribution in [-0.2, 0) is 9.53 Å². The Hall–Kier alpha value is -0.570. The van der Waals surface area contributed by atoms with Gasteiger partial charge in [-0.15, -0.1) is 0 Å². The molecule has 1 unspecified atom stereocenters. The summed E-state index contributed by atoms with van der Waals surface area (Å²) in [6, 6.07) is 0. The highest BCUT2D eigenvalue weighted by atomic mass is 16.6. The van der Waals surface area contributed by atoms with Gasteiger partial charge in [-0.25, -0.2) is 5.32 Å². The maximum Gasteiger partial charge on any atom is 0.307 e. The van der Waals surface area contributed by atoms with Crippen molar-refractivity contribution in [3.8, 4) is 0 Å². The number of nitrogens with zero attached hydrogens (tertiary/aromatic N) is 1. The highest BCUT2D eigenvalue weighted by Gasteiger charge is 2.18. The van der Waals surface area contributed by atoms with Crippen LogP contribution < -0.4 is 5.32 Å². The molecular weight excluding hydrogens is 166 g/mol. The summed E-state index contributed by atoms with van der Waals surface area (Å²) < 4.78 is 5.15. The molecule has 1 saturated heterocycles. The van der Waals surface area contributed by atoms with Crippen LogP contribution in [0.25, 0.3) is 0 Å². The van der Waals surface area contributed by atoms with Gasteiger partial charge in [-0.3, -0.25) is 4.79 Å². The van der Waals surface area contributed by atoms with Gasteiger partial charge in [0.1, 0.15) is 0 Å². The van der Waals surface area contributed by atoms with E-state index in [1.807, 2.05) is 0 Å². The van der Waals surface area contributed by atoms with E-state index in [-0.39, 0.29) is 12.2 Å². The first-order valence-electron chi connectivity index (χ1n) is 5.19. The number of ether oxygens (including phenoxy) is 1. The molecule has 1 atom stereocenters. The Kier molecular flexibility index (Phi) is 4.83. The van der Waals surface area contributed by atoms with E-state index in [0.29, 0.717) is 6.42 Å². The molecule has 1 rings (SSSR count). The van der Waals surface area contributed by atoms with Gasteiger partial charge in [0.05, 0.1) is 0 Å². The second-order valence-corrected chi connectivity index (χ2v) is 3.45. The SMILES string of the molecule is CCCCCC(=O)OC1CCC[N]1. The van der Waals surface area contributed by atoms with Crippen molar-refractivity contribution >= 4 is 5.97 Å². The van der Waals surface area contributed by atoms with Crippen molar-refractivity contribution in [2.75, 3.05) is 6.54 Å². The lowest BCUT2D eigenvalue weighted by molar-refractivity contribution is -0.150. The molecule has 1 radical (unpaired) electrons. The lowest BCUT2D eigenvalue weighted by atomic mass is 10.2. The third kappa shape index (κ3) is 4.27. The molecule has 0 aromatic heterocycles. The molecule has 0 N–H and O–H groups in total. The van der Waals surface area contributed by atoms with Crippen LogP contribution in [0.5, 0.6) is 0 Å². The number of hydrogen-bond acceptors (Lipinski definition) is 2. The third-order valence-electron chi connectivity index (χ3n) is 2.19. The zero-order valence-electron chi connectivity index (χ0n) is 8.29. The van der Waals surface area contributed by atoms with Gasteiger partial charge in [-0.1, -0.05) is 19.8 Å². The van der Waals surface area contributed by atoms with Crippen LogP contribution in [0, 0.1) is 0 Å². The molecule has 75 valence electrons. The van der Waals surface area contributed by atoms with E-state index in [4.69, 9.17) is 4.74 Å². The van der Waals surface area contributed by atoms with Crippen LogP contribution >= 0.6 is 0 Å². The lowest BCUT2D eigenvalue weighted by Gasteiger charge is -2.09. The van der Waals surface area contributed by atoms with Crippen molar-refractivity contribution in [3.05, 3.63) is 0 Å². The number of carbonyl (C=O) groups is 1. The molecule has 0 bridgehead atoms. The minimum atomic E-state index is -0.130. The number of rotatable bonds is 5. The quantitative estimate of drug-likeness (QED) is 0.483. The van der Waals surface area contributed by atoms with E-state index in [2.05, 4.69) is 12.2 Å². The standard InChI is InChI=1S/C10H18NO2/c1-2-3-4-7-10(12)13-9-6-5-8-11-9/h9H,2-8H2,1H3. The highest BCUT2D eigenvalue weighted by Crippen LogP contribution is 2.10. The molecule has 1 aliphatic heterocycles. The van der Waals surface area contributed by atoms with Crippen LogP contribution in [0.3, 0.4) is 0 Å². The Balaban J connectivity index is 2.02. The van der Waals surface area contributed by atoms with E-state index < -0.39 is 0 Å². The van der Waals surface area contributed by atoms with E-state index in [1.165, 1.54) is 0 Å². The molecular formula is C10H18NO2. The molecule has 13 heavy (non-hydrogen) atoms. The van der Waals surface area contributed by atoms with Crippen LogP contribution in [0.1, 0.15) is 45.4 Å². The first kappa shape index (κ1) is 10.5. The Labute approximate surface area is 79.8 Å². The Bertz CT molecular complexity index is 153. The minimum Gasteiger partial charge on any atom is -0.445 e. The van der Waals surface area contributed by atoms with E-state index in [0.717, 1.165) is 38.6 Å². The number of unbranched alkanes of at least 4 members (excludes halogenated alkanes) is 2. The van der Waals surface area contributed by atoms with Gasteiger partial charge in [0.2, 0.25) is 0 Å². The average Bonchev–Trinajstić information content (AvgIpc) is 2.57. The molecule has 0 amide bonds. The summed E-state index contributed by atoms with van der Waals surface area (Å²) >= 11 is 0. The Morgan fingerprint density at radius 3 is 3.00 bits per heavy atom. The number of hydrogen-bond donors (Lipinski definition) is 0. The highest BCUT2D eigenvalue weighted by molar-refractivity contribution is 5.69. The van der Waals surface area contributed by atoms with Crippen molar-refractivity contribution in [1.82, 2.24) is 5.32 Å². The van der Waals surface area contributed by atoms with Gasteiger partial charge >= 0.3 is 5.97 Å². The van der Waals surface area contributed by atoms with Crippen molar-refractivity contribution in [2.24, 2.45) is 0 Å². The van der Waals surface area contributed by atoms with E-state index in [1.54, 1.807) is 0 Å². The maximum absolute atomic E-state index is 11.2. The second-order valence-electron chi connectivity index (χ2n) is 3.45. The van der Waals surface area contributed by atoms with Crippen molar-refractivity contribution in [1.29, 1.82) is 0 Å². The molecule has 3 heteroatoms. The van der Waals surface area contributed by atoms with Crippen LogP contribution in [0.2, 0.25) is 0 Å². The van der Waals surface area contributed by atoms with Gasteiger partial charge in [0.15, 0.2) is 6.23 Å². The van der Waals surface area contributed by atoms with E-state index >= 15 is 0 Å². The summed E-state index contributed by atoms with van der Waals surface area (Å²) in [5.74, 6) is -0.0795. The van der Waals surface area contributed by atoms with Crippen molar-refractivity contribution < 1.29 is 9.53 Å². The second kappa shape index (κ2) is 5.97. The summed E-state index contributed by atoms with van der Waals surface area (Å²) in [5, 5.41) is 4.16. The van der Waals surface area contributed by atoms with Crippen LogP contribution in [0.4, 0.5) is 0 Å². The first-order chi connectivity index (χ1) is 6.33. The lowest BCUT2D eigenvalue weighted by Crippen LogP contribution is -2.22. The molecule has 0 aliphatic carbocycles. The first-order valence-corrected chi connectivity index (χ1v) is 5.19. The zero-order valence-corrected chi connectivity index (χ0v) is 8.29. The summed E-state index contributed by atoms with van der Waals surface area (Å²) in [6.07, 6.45) is 5.60.